The minimum absolute atomic E-state index is 0.259. The van der Waals surface area contributed by atoms with Crippen LogP contribution in [0.5, 0.6) is 0 Å². The van der Waals surface area contributed by atoms with Gasteiger partial charge in [0.05, 0.1) is 0 Å². The zero-order valence-electron chi connectivity index (χ0n) is 14.4. The number of hydrogen-bond donors (Lipinski definition) is 2. The number of ether oxygens (including phenoxy) is 1. The van der Waals surface area contributed by atoms with Crippen LogP contribution in [0.15, 0.2) is 12.2 Å². The van der Waals surface area contributed by atoms with Crippen LogP contribution in [0.3, 0.4) is 0 Å². The van der Waals surface area contributed by atoms with Gasteiger partial charge in [0.15, 0.2) is 0 Å². The Morgan fingerprint density at radius 1 is 1.00 bits per heavy atom. The van der Waals surface area contributed by atoms with Crippen LogP contribution in [0, 0.1) is 0 Å². The Morgan fingerprint density at radius 2 is 1.54 bits per heavy atom. The quantitative estimate of drug-likeness (QED) is 0.501. The number of rotatable bonds is 8. The molecule has 4 amide bonds. The Bertz CT molecular complexity index is 504. The van der Waals surface area contributed by atoms with E-state index in [9.17, 15) is 19.2 Å². The number of carbonyl (C=O) groups is 4. The molecule has 8 heteroatoms. The highest BCUT2D eigenvalue weighted by molar-refractivity contribution is 6.14. The molecule has 24 heavy (non-hydrogen) atoms. The second-order valence-electron chi connectivity index (χ2n) is 6.44. The summed E-state index contributed by atoms with van der Waals surface area (Å²) >= 11 is 0. The molecule has 0 atom stereocenters. The van der Waals surface area contributed by atoms with E-state index in [1.165, 1.54) is 0 Å². The molecule has 0 saturated carbocycles. The lowest BCUT2D eigenvalue weighted by molar-refractivity contribution is -0.141. The highest BCUT2D eigenvalue weighted by Gasteiger charge is 2.25. The molecule has 1 aliphatic heterocycles. The normalized spacial score (nSPS) is 14.0. The molecule has 0 spiro atoms. The molecular formula is C16H25N3O5. The van der Waals surface area contributed by atoms with E-state index in [1.807, 2.05) is 0 Å². The van der Waals surface area contributed by atoms with E-state index in [1.54, 1.807) is 20.8 Å². The molecule has 0 fully saturated rings. The van der Waals surface area contributed by atoms with Crippen LogP contribution in [0.25, 0.3) is 0 Å². The van der Waals surface area contributed by atoms with Gasteiger partial charge in [0.2, 0.25) is 5.91 Å². The Hall–Kier alpha value is -2.38. The van der Waals surface area contributed by atoms with Gasteiger partial charge in [0.25, 0.3) is 11.8 Å². The third kappa shape index (κ3) is 7.75. The number of unbranched alkanes of at least 4 members (excludes halogenated alkanes) is 2. The fourth-order valence-electron chi connectivity index (χ4n) is 1.95. The van der Waals surface area contributed by atoms with Gasteiger partial charge in [-0.2, -0.15) is 0 Å². The monoisotopic (exact) mass is 339 g/mol. The first-order valence-electron chi connectivity index (χ1n) is 7.96. The molecule has 0 aliphatic carbocycles. The number of hydrogen-bond acceptors (Lipinski definition) is 5. The highest BCUT2D eigenvalue weighted by Crippen LogP contribution is 2.06. The van der Waals surface area contributed by atoms with Crippen LogP contribution in [0.1, 0.15) is 40.0 Å². The average Bonchev–Trinajstić information content (AvgIpc) is 2.76. The number of imide groups is 1. The zero-order valence-corrected chi connectivity index (χ0v) is 14.4. The van der Waals surface area contributed by atoms with Gasteiger partial charge in [-0.3, -0.25) is 19.3 Å². The summed E-state index contributed by atoms with van der Waals surface area (Å²) in [5, 5.41) is 5.32. The van der Waals surface area contributed by atoms with E-state index in [0.29, 0.717) is 13.1 Å². The van der Waals surface area contributed by atoms with Gasteiger partial charge in [0.1, 0.15) is 12.1 Å². The van der Waals surface area contributed by atoms with Crippen molar-refractivity contribution in [1.29, 1.82) is 0 Å². The summed E-state index contributed by atoms with van der Waals surface area (Å²) in [6.45, 7) is 6.10. The molecule has 0 aromatic carbocycles. The van der Waals surface area contributed by atoms with Crippen molar-refractivity contribution >= 4 is 23.8 Å². The SMILES string of the molecule is CC(C)(C)OC(=O)NCCCCCNC(=O)CN1C(=O)C=CC1=O. The van der Waals surface area contributed by atoms with E-state index in [0.717, 1.165) is 36.3 Å². The molecule has 0 radical (unpaired) electrons. The first-order chi connectivity index (χ1) is 11.2. The maximum absolute atomic E-state index is 11.6. The first kappa shape index (κ1) is 19.7. The summed E-state index contributed by atoms with van der Waals surface area (Å²) < 4.78 is 5.11. The predicted octanol–water partition coefficient (Wildman–Crippen LogP) is 0.723. The lowest BCUT2D eigenvalue weighted by Gasteiger charge is -2.19. The van der Waals surface area contributed by atoms with E-state index < -0.39 is 23.5 Å². The van der Waals surface area contributed by atoms with Crippen molar-refractivity contribution in [1.82, 2.24) is 15.5 Å². The second kappa shape index (κ2) is 9.05. The average molecular weight is 339 g/mol. The molecule has 1 rings (SSSR count). The Kier molecular flexibility index (Phi) is 7.41. The minimum Gasteiger partial charge on any atom is -0.444 e. The largest absolute Gasteiger partial charge is 0.444 e. The molecule has 0 saturated heterocycles. The van der Waals surface area contributed by atoms with Gasteiger partial charge in [0, 0.05) is 25.2 Å². The van der Waals surface area contributed by atoms with Crippen LogP contribution in [0.4, 0.5) is 4.79 Å². The van der Waals surface area contributed by atoms with E-state index in [2.05, 4.69) is 10.6 Å². The van der Waals surface area contributed by atoms with E-state index in [-0.39, 0.29) is 12.5 Å². The van der Waals surface area contributed by atoms with Crippen molar-refractivity contribution in [2.45, 2.75) is 45.6 Å². The van der Waals surface area contributed by atoms with E-state index in [4.69, 9.17) is 4.74 Å². The van der Waals surface area contributed by atoms with Crippen LogP contribution in [-0.4, -0.2) is 54.0 Å². The van der Waals surface area contributed by atoms with Crippen molar-refractivity contribution in [3.63, 3.8) is 0 Å². The van der Waals surface area contributed by atoms with Crippen LogP contribution in [0.2, 0.25) is 0 Å². The molecule has 0 unspecified atom stereocenters. The third-order valence-corrected chi connectivity index (χ3v) is 3.05. The summed E-state index contributed by atoms with van der Waals surface area (Å²) in [6.07, 6.45) is 4.17. The molecular weight excluding hydrogens is 314 g/mol. The summed E-state index contributed by atoms with van der Waals surface area (Å²) in [4.78, 5) is 46.5. The molecule has 0 aromatic heterocycles. The molecule has 1 aliphatic rings. The van der Waals surface area contributed by atoms with E-state index >= 15 is 0 Å². The van der Waals surface area contributed by atoms with Gasteiger partial charge in [-0.25, -0.2) is 4.79 Å². The number of carbonyl (C=O) groups excluding carboxylic acids is 4. The molecule has 8 nitrogen and oxygen atoms in total. The number of nitrogens with zero attached hydrogens (tertiary/aromatic N) is 1. The molecule has 134 valence electrons. The Balaban J connectivity index is 2.02. The fraction of sp³-hybridized carbons (Fsp3) is 0.625. The maximum atomic E-state index is 11.6. The van der Waals surface area contributed by atoms with Crippen molar-refractivity contribution in [2.75, 3.05) is 19.6 Å². The summed E-state index contributed by atoms with van der Waals surface area (Å²) in [6, 6.07) is 0. The Labute approximate surface area is 141 Å². The van der Waals surface area contributed by atoms with Crippen LogP contribution >= 0.6 is 0 Å². The lowest BCUT2D eigenvalue weighted by atomic mass is 10.2. The Morgan fingerprint density at radius 3 is 2.08 bits per heavy atom. The minimum atomic E-state index is -0.512. The van der Waals surface area contributed by atoms with Crippen molar-refractivity contribution < 1.29 is 23.9 Å². The zero-order chi connectivity index (χ0) is 18.2. The summed E-state index contributed by atoms with van der Waals surface area (Å²) in [7, 11) is 0. The smallest absolute Gasteiger partial charge is 0.407 e. The predicted molar refractivity (Wildman–Crippen MR) is 87.0 cm³/mol. The summed E-state index contributed by atoms with van der Waals surface area (Å²) in [5.41, 5.74) is -0.512. The highest BCUT2D eigenvalue weighted by atomic mass is 16.6. The van der Waals surface area contributed by atoms with Crippen molar-refractivity contribution in [2.24, 2.45) is 0 Å². The summed E-state index contributed by atoms with van der Waals surface area (Å²) in [5.74, 6) is -1.31. The number of nitrogens with one attached hydrogen (secondary N) is 2. The number of amides is 4. The number of alkyl carbamates (subject to hydrolysis) is 1. The fourth-order valence-corrected chi connectivity index (χ4v) is 1.95. The van der Waals surface area contributed by atoms with Crippen molar-refractivity contribution in [3.05, 3.63) is 12.2 Å². The van der Waals surface area contributed by atoms with Gasteiger partial charge in [-0.15, -0.1) is 0 Å². The van der Waals surface area contributed by atoms with Crippen LogP contribution < -0.4 is 10.6 Å². The second-order valence-corrected chi connectivity index (χ2v) is 6.44. The van der Waals surface area contributed by atoms with Gasteiger partial charge in [-0.05, 0) is 40.0 Å². The standard InChI is InChI=1S/C16H25N3O5/c1-16(2,3)24-15(23)18-10-6-4-5-9-17-12(20)11-19-13(21)7-8-14(19)22/h7-8H,4-6,9-11H2,1-3H3,(H,17,20)(H,18,23). The van der Waals surface area contributed by atoms with Gasteiger partial charge < -0.3 is 15.4 Å². The molecule has 0 bridgehead atoms. The van der Waals surface area contributed by atoms with Crippen LogP contribution in [-0.2, 0) is 19.1 Å². The topological polar surface area (TPSA) is 105 Å². The maximum Gasteiger partial charge on any atom is 0.407 e. The molecule has 1 heterocycles. The third-order valence-electron chi connectivity index (χ3n) is 3.05. The van der Waals surface area contributed by atoms with Gasteiger partial charge >= 0.3 is 6.09 Å². The molecule has 2 N–H and O–H groups in total. The molecule has 0 aromatic rings. The lowest BCUT2D eigenvalue weighted by Crippen LogP contribution is -2.40. The van der Waals surface area contributed by atoms with Crippen molar-refractivity contribution in [3.8, 4) is 0 Å². The first-order valence-corrected chi connectivity index (χ1v) is 7.96. The van der Waals surface area contributed by atoms with Gasteiger partial charge in [-0.1, -0.05) is 0 Å².